The number of aryl methyl sites for hydroxylation is 2. The number of pyridine rings is 1. The van der Waals surface area contributed by atoms with E-state index in [-0.39, 0.29) is 11.7 Å². The number of nitrogens with zero attached hydrogens (tertiary/aromatic N) is 3. The number of hydrogen-bond acceptors (Lipinski definition) is 5. The van der Waals surface area contributed by atoms with Crippen LogP contribution in [0.5, 0.6) is 5.75 Å². The first-order valence-electron chi connectivity index (χ1n) is 8.46. The van der Waals surface area contributed by atoms with Gasteiger partial charge in [-0.15, -0.1) is 0 Å². The number of benzene rings is 1. The van der Waals surface area contributed by atoms with Crippen molar-refractivity contribution in [1.82, 2.24) is 14.8 Å². The predicted molar refractivity (Wildman–Crippen MR) is 96.9 cm³/mol. The molecule has 3 rings (SSSR count). The highest BCUT2D eigenvalue weighted by molar-refractivity contribution is 5.97. The normalized spacial score (nSPS) is 20.6. The molecule has 1 fully saturated rings. The van der Waals surface area contributed by atoms with Crippen LogP contribution in [-0.4, -0.2) is 70.2 Å². The van der Waals surface area contributed by atoms with Crippen LogP contribution < -0.4 is 0 Å². The highest BCUT2D eigenvalue weighted by atomic mass is 16.3. The molecular formula is C19H25N3O3. The maximum atomic E-state index is 12.8. The third-order valence-corrected chi connectivity index (χ3v) is 4.80. The molecule has 2 heterocycles. The lowest BCUT2D eigenvalue weighted by Crippen LogP contribution is -2.43. The Bertz CT molecular complexity index is 834. The van der Waals surface area contributed by atoms with Gasteiger partial charge in [0.25, 0.3) is 5.91 Å². The van der Waals surface area contributed by atoms with Crippen molar-refractivity contribution in [1.29, 1.82) is 0 Å². The Balaban J connectivity index is 1.90. The minimum atomic E-state index is -0.884. The van der Waals surface area contributed by atoms with Gasteiger partial charge in [0, 0.05) is 18.5 Å². The van der Waals surface area contributed by atoms with Gasteiger partial charge in [0.1, 0.15) is 17.0 Å². The zero-order valence-corrected chi connectivity index (χ0v) is 15.2. The van der Waals surface area contributed by atoms with Crippen molar-refractivity contribution in [2.24, 2.45) is 0 Å². The molecular weight excluding hydrogens is 318 g/mol. The standard InChI is InChI=1S/C19H25N3O3/c1-12-9-13(2)17(23)16-14(12)5-6-15(20-16)18(24)22-8-7-19(25,11-22)10-21(3)4/h5-6,9,23,25H,7-8,10-11H2,1-4H3/t19-/m0/s1. The number of likely N-dealkylation sites (N-methyl/N-ethyl adjacent to an activating group) is 1. The second-order valence-corrected chi connectivity index (χ2v) is 7.39. The Morgan fingerprint density at radius 3 is 2.72 bits per heavy atom. The topological polar surface area (TPSA) is 76.9 Å². The van der Waals surface area contributed by atoms with Gasteiger partial charge in [-0.05, 0) is 51.6 Å². The fraction of sp³-hybridized carbons (Fsp3) is 0.474. The summed E-state index contributed by atoms with van der Waals surface area (Å²) in [7, 11) is 3.81. The van der Waals surface area contributed by atoms with Crippen LogP contribution in [0.25, 0.3) is 10.9 Å². The monoisotopic (exact) mass is 343 g/mol. The Labute approximate surface area is 147 Å². The van der Waals surface area contributed by atoms with E-state index in [9.17, 15) is 15.0 Å². The average Bonchev–Trinajstić information content (AvgIpc) is 2.92. The summed E-state index contributed by atoms with van der Waals surface area (Å²) >= 11 is 0. The molecule has 0 bridgehead atoms. The van der Waals surface area contributed by atoms with Crippen LogP contribution in [0.1, 0.15) is 28.0 Å². The van der Waals surface area contributed by atoms with Crippen LogP contribution in [0.4, 0.5) is 0 Å². The van der Waals surface area contributed by atoms with Crippen molar-refractivity contribution >= 4 is 16.8 Å². The number of fused-ring (bicyclic) bond motifs is 1. The van der Waals surface area contributed by atoms with Crippen LogP contribution in [0.3, 0.4) is 0 Å². The molecule has 0 unspecified atom stereocenters. The van der Waals surface area contributed by atoms with E-state index < -0.39 is 5.60 Å². The number of rotatable bonds is 3. The van der Waals surface area contributed by atoms with Crippen molar-refractivity contribution in [3.63, 3.8) is 0 Å². The summed E-state index contributed by atoms with van der Waals surface area (Å²) in [6.45, 7) is 5.09. The van der Waals surface area contributed by atoms with E-state index in [1.165, 1.54) is 0 Å². The van der Waals surface area contributed by atoms with E-state index in [1.54, 1.807) is 11.0 Å². The first-order chi connectivity index (χ1) is 11.7. The van der Waals surface area contributed by atoms with E-state index in [0.29, 0.717) is 37.3 Å². The highest BCUT2D eigenvalue weighted by Gasteiger charge is 2.39. The third-order valence-electron chi connectivity index (χ3n) is 4.80. The van der Waals surface area contributed by atoms with Gasteiger partial charge in [-0.2, -0.15) is 0 Å². The number of phenolic OH excluding ortho intramolecular Hbond substituents is 1. The Kier molecular flexibility index (Phi) is 4.43. The van der Waals surface area contributed by atoms with Crippen molar-refractivity contribution < 1.29 is 15.0 Å². The van der Waals surface area contributed by atoms with E-state index in [4.69, 9.17) is 0 Å². The molecule has 1 aliphatic rings. The fourth-order valence-corrected chi connectivity index (χ4v) is 3.64. The molecule has 2 aromatic rings. The minimum absolute atomic E-state index is 0.112. The number of β-amino-alcohol motifs (C(OH)–C–C–N with tert-alkyl or cyclic N) is 1. The molecule has 6 nitrogen and oxygen atoms in total. The molecule has 1 saturated heterocycles. The van der Waals surface area contributed by atoms with Gasteiger partial charge in [0.2, 0.25) is 0 Å². The van der Waals surface area contributed by atoms with E-state index in [0.717, 1.165) is 16.5 Å². The zero-order chi connectivity index (χ0) is 18.4. The molecule has 0 radical (unpaired) electrons. The van der Waals surface area contributed by atoms with Gasteiger partial charge in [-0.3, -0.25) is 4.79 Å². The fourth-order valence-electron chi connectivity index (χ4n) is 3.64. The number of carbonyl (C=O) groups is 1. The molecule has 1 aromatic carbocycles. The maximum absolute atomic E-state index is 12.8. The zero-order valence-electron chi connectivity index (χ0n) is 15.2. The van der Waals surface area contributed by atoms with Gasteiger partial charge < -0.3 is 20.0 Å². The lowest BCUT2D eigenvalue weighted by molar-refractivity contribution is 0.0235. The summed E-state index contributed by atoms with van der Waals surface area (Å²) < 4.78 is 0. The highest BCUT2D eigenvalue weighted by Crippen LogP contribution is 2.30. The van der Waals surface area contributed by atoms with Crippen molar-refractivity contribution in [3.05, 3.63) is 35.0 Å². The molecule has 6 heteroatoms. The molecule has 1 atom stereocenters. The van der Waals surface area contributed by atoms with Crippen molar-refractivity contribution in [2.45, 2.75) is 25.9 Å². The van der Waals surface area contributed by atoms with Crippen molar-refractivity contribution in [3.8, 4) is 5.75 Å². The summed E-state index contributed by atoms with van der Waals surface area (Å²) in [6, 6.07) is 5.42. The molecule has 1 amide bonds. The molecule has 1 aliphatic heterocycles. The van der Waals surface area contributed by atoms with E-state index >= 15 is 0 Å². The van der Waals surface area contributed by atoms with E-state index in [1.807, 2.05) is 45.0 Å². The SMILES string of the molecule is Cc1cc(C)c2ccc(C(=O)N3CC[C@](O)(CN(C)C)C3)nc2c1O. The first kappa shape index (κ1) is 17.6. The predicted octanol–water partition coefficient (Wildman–Crippen LogP) is 1.70. The van der Waals surface area contributed by atoms with Gasteiger partial charge in [-0.25, -0.2) is 4.98 Å². The number of phenols is 1. The lowest BCUT2D eigenvalue weighted by Gasteiger charge is -2.26. The minimum Gasteiger partial charge on any atom is -0.505 e. The average molecular weight is 343 g/mol. The molecule has 0 spiro atoms. The van der Waals surface area contributed by atoms with Crippen LogP contribution >= 0.6 is 0 Å². The third kappa shape index (κ3) is 3.32. The molecule has 0 saturated carbocycles. The number of likely N-dealkylation sites (tertiary alicyclic amines) is 1. The van der Waals surface area contributed by atoms with Crippen LogP contribution in [0.15, 0.2) is 18.2 Å². The number of aromatic hydroxyl groups is 1. The maximum Gasteiger partial charge on any atom is 0.272 e. The Morgan fingerprint density at radius 2 is 2.04 bits per heavy atom. The quantitative estimate of drug-likeness (QED) is 0.887. The van der Waals surface area contributed by atoms with Crippen molar-refractivity contribution in [2.75, 3.05) is 33.7 Å². The number of hydrogen-bond donors (Lipinski definition) is 2. The summed E-state index contributed by atoms with van der Waals surface area (Å²) in [5.74, 6) is -0.101. The van der Waals surface area contributed by atoms with Gasteiger partial charge in [0.15, 0.2) is 0 Å². The first-order valence-corrected chi connectivity index (χ1v) is 8.46. The molecule has 134 valence electrons. The lowest BCUT2D eigenvalue weighted by atomic mass is 10.0. The summed E-state index contributed by atoms with van der Waals surface area (Å²) in [5.41, 5.74) is 1.61. The van der Waals surface area contributed by atoms with Crippen LogP contribution in [-0.2, 0) is 0 Å². The second-order valence-electron chi connectivity index (χ2n) is 7.39. The molecule has 2 N–H and O–H groups in total. The number of carbonyl (C=O) groups excluding carboxylic acids is 1. The second kappa shape index (κ2) is 6.28. The van der Waals surface area contributed by atoms with Gasteiger partial charge in [-0.1, -0.05) is 12.1 Å². The van der Waals surface area contributed by atoms with Crippen LogP contribution in [0, 0.1) is 13.8 Å². The number of amides is 1. The Morgan fingerprint density at radius 1 is 1.32 bits per heavy atom. The number of aliphatic hydroxyl groups is 1. The number of aromatic nitrogens is 1. The smallest absolute Gasteiger partial charge is 0.272 e. The van der Waals surface area contributed by atoms with Crippen LogP contribution in [0.2, 0.25) is 0 Å². The summed E-state index contributed by atoms with van der Waals surface area (Å²) in [4.78, 5) is 20.8. The van der Waals surface area contributed by atoms with Gasteiger partial charge in [0.05, 0.1) is 12.1 Å². The summed E-state index contributed by atoms with van der Waals surface area (Å²) in [6.07, 6.45) is 0.550. The van der Waals surface area contributed by atoms with E-state index in [2.05, 4.69) is 4.98 Å². The summed E-state index contributed by atoms with van der Waals surface area (Å²) in [5, 5.41) is 21.8. The molecule has 25 heavy (non-hydrogen) atoms. The molecule has 1 aromatic heterocycles. The largest absolute Gasteiger partial charge is 0.505 e. The Hall–Kier alpha value is -2.18. The van der Waals surface area contributed by atoms with Gasteiger partial charge >= 0.3 is 0 Å². The molecule has 0 aliphatic carbocycles.